The highest BCUT2D eigenvalue weighted by Gasteiger charge is 2.56. The normalized spacial score (nSPS) is 14.3. The molecule has 0 unspecified atom stereocenters. The predicted octanol–water partition coefficient (Wildman–Crippen LogP) is 17.5. The molecule has 3 heterocycles. The largest absolute Gasteiger partial charge is 0.256 e. The molecule has 1 aliphatic rings. The van der Waals surface area contributed by atoms with Gasteiger partial charge in [0.05, 0.1) is 17.1 Å². The molecule has 69 heavy (non-hydrogen) atoms. The van der Waals surface area contributed by atoms with Crippen LogP contribution in [-0.2, 0) is 10.8 Å². The molecule has 0 amide bonds. The van der Waals surface area contributed by atoms with Gasteiger partial charge in [-0.3, -0.25) is 15.0 Å². The number of fused-ring (bicyclic) bond motifs is 1. The molecule has 0 spiro atoms. The summed E-state index contributed by atoms with van der Waals surface area (Å²) in [6, 6.07) is 73.9. The van der Waals surface area contributed by atoms with Crippen LogP contribution in [0, 0.1) is 5.41 Å². The minimum atomic E-state index is 0.0168. The summed E-state index contributed by atoms with van der Waals surface area (Å²) < 4.78 is 0. The number of hydrogen-bond donors (Lipinski definition) is 0. The molecular weight excluding hydrogens is 835 g/mol. The fourth-order valence-electron chi connectivity index (χ4n) is 10.7. The van der Waals surface area contributed by atoms with Gasteiger partial charge in [0.15, 0.2) is 0 Å². The van der Waals surface area contributed by atoms with Crippen molar-refractivity contribution in [3.63, 3.8) is 0 Å². The molecule has 1 aliphatic carbocycles. The zero-order chi connectivity index (χ0) is 47.3. The van der Waals surface area contributed by atoms with Crippen LogP contribution in [0.5, 0.6) is 0 Å². The number of benzene rings is 7. The van der Waals surface area contributed by atoms with Gasteiger partial charge in [-0.05, 0) is 120 Å². The van der Waals surface area contributed by atoms with Crippen molar-refractivity contribution < 1.29 is 0 Å². The highest BCUT2D eigenvalue weighted by molar-refractivity contribution is 5.94. The SMILES string of the molecule is CC1(C)c2ccc(-c3ccc(-c4ccccc4-c4cc(-c5ccccc5-c5ccc(-c6ccccc6)nc5)cc(-c5ccccc5-c5ccc(-c6ccccc6)nc5)c4)cn3)cc2C(C)(C)C1(C)C. The first-order chi connectivity index (χ1) is 33.5. The van der Waals surface area contributed by atoms with Crippen LogP contribution in [0.4, 0.5) is 0 Å². The van der Waals surface area contributed by atoms with Crippen molar-refractivity contribution in [2.24, 2.45) is 5.41 Å². The maximum absolute atomic E-state index is 5.17. The van der Waals surface area contributed by atoms with Crippen LogP contribution in [0.3, 0.4) is 0 Å². The van der Waals surface area contributed by atoms with E-state index in [9.17, 15) is 0 Å². The monoisotopic (exact) mass is 889 g/mol. The molecule has 7 aromatic carbocycles. The molecular formula is C66H55N3. The summed E-state index contributed by atoms with van der Waals surface area (Å²) in [5, 5.41) is 0. The molecule has 0 bridgehead atoms. The lowest BCUT2D eigenvalue weighted by molar-refractivity contribution is 0.125. The Labute approximate surface area is 407 Å². The van der Waals surface area contributed by atoms with Crippen LogP contribution >= 0.6 is 0 Å². The first-order valence-electron chi connectivity index (χ1n) is 24.1. The molecule has 0 saturated carbocycles. The third-order valence-corrected chi connectivity index (χ3v) is 15.8. The Bertz CT molecular complexity index is 3330. The zero-order valence-electron chi connectivity index (χ0n) is 40.2. The Morgan fingerprint density at radius 2 is 0.551 bits per heavy atom. The number of nitrogens with zero attached hydrogens (tertiary/aromatic N) is 3. The highest BCUT2D eigenvalue weighted by atomic mass is 14.7. The van der Waals surface area contributed by atoms with E-state index in [0.717, 1.165) is 101 Å². The number of rotatable bonds is 9. The van der Waals surface area contributed by atoms with Gasteiger partial charge in [-0.2, -0.15) is 0 Å². The molecule has 0 fully saturated rings. The minimum Gasteiger partial charge on any atom is -0.256 e. The van der Waals surface area contributed by atoms with Crippen LogP contribution in [0.15, 0.2) is 225 Å². The third kappa shape index (κ3) is 7.69. The fraction of sp³-hybridized carbons (Fsp3) is 0.136. The van der Waals surface area contributed by atoms with Gasteiger partial charge in [-0.1, -0.05) is 205 Å². The fourth-order valence-corrected chi connectivity index (χ4v) is 10.7. The summed E-state index contributed by atoms with van der Waals surface area (Å²) in [7, 11) is 0. The van der Waals surface area contributed by atoms with Crippen molar-refractivity contribution in [3.05, 3.63) is 236 Å². The lowest BCUT2D eigenvalue weighted by Gasteiger charge is -2.44. The van der Waals surface area contributed by atoms with Gasteiger partial charge < -0.3 is 0 Å². The maximum Gasteiger partial charge on any atom is 0.0702 e. The van der Waals surface area contributed by atoms with Crippen molar-refractivity contribution >= 4 is 0 Å². The minimum absolute atomic E-state index is 0.0168. The molecule has 0 radical (unpaired) electrons. The topological polar surface area (TPSA) is 38.7 Å². The van der Waals surface area contributed by atoms with E-state index < -0.39 is 0 Å². The Hall–Kier alpha value is -8.01. The Kier molecular flexibility index (Phi) is 10.9. The molecule has 10 aromatic rings. The van der Waals surface area contributed by atoms with Crippen LogP contribution in [0.25, 0.3) is 101 Å². The molecule has 0 N–H and O–H groups in total. The molecule has 0 saturated heterocycles. The average Bonchev–Trinajstić information content (AvgIpc) is 3.51. The van der Waals surface area contributed by atoms with Crippen molar-refractivity contribution in [2.75, 3.05) is 0 Å². The van der Waals surface area contributed by atoms with E-state index in [2.05, 4.69) is 236 Å². The van der Waals surface area contributed by atoms with Crippen LogP contribution < -0.4 is 0 Å². The second-order valence-corrected chi connectivity index (χ2v) is 20.1. The Morgan fingerprint density at radius 1 is 0.246 bits per heavy atom. The Balaban J connectivity index is 1.02. The number of pyridine rings is 3. The molecule has 0 atom stereocenters. The van der Waals surface area contributed by atoms with E-state index in [1.807, 2.05) is 30.7 Å². The van der Waals surface area contributed by atoms with Crippen LogP contribution in [0.1, 0.15) is 52.7 Å². The van der Waals surface area contributed by atoms with Crippen molar-refractivity contribution in [3.8, 4) is 101 Å². The Morgan fingerprint density at radius 3 is 0.899 bits per heavy atom. The van der Waals surface area contributed by atoms with E-state index in [0.29, 0.717) is 0 Å². The summed E-state index contributed by atoms with van der Waals surface area (Å²) >= 11 is 0. The van der Waals surface area contributed by atoms with Gasteiger partial charge in [0, 0.05) is 52.0 Å². The van der Waals surface area contributed by atoms with E-state index >= 15 is 0 Å². The number of hydrogen-bond acceptors (Lipinski definition) is 3. The molecule has 11 rings (SSSR count). The summed E-state index contributed by atoms with van der Waals surface area (Å²) in [6.07, 6.45) is 6.06. The smallest absolute Gasteiger partial charge is 0.0702 e. The average molecular weight is 890 g/mol. The van der Waals surface area contributed by atoms with Crippen molar-refractivity contribution in [1.82, 2.24) is 15.0 Å². The van der Waals surface area contributed by atoms with Gasteiger partial charge in [-0.15, -0.1) is 0 Å². The van der Waals surface area contributed by atoms with Crippen molar-refractivity contribution in [1.29, 1.82) is 0 Å². The lowest BCUT2D eigenvalue weighted by Crippen LogP contribution is -2.42. The van der Waals surface area contributed by atoms with E-state index in [4.69, 9.17) is 15.0 Å². The van der Waals surface area contributed by atoms with Gasteiger partial charge in [0.25, 0.3) is 0 Å². The number of aromatic nitrogens is 3. The summed E-state index contributed by atoms with van der Waals surface area (Å²) in [6.45, 7) is 14.4. The second-order valence-electron chi connectivity index (χ2n) is 20.1. The standard InChI is InChI=1S/C66H55N3/c1-64(2)59-33-29-46(40-60(59)65(3,4)66(64,5)6)63-36-32-49(43-69-63)55-25-15-18-28-58(55)52-38-50(56-26-16-13-23-53(56)47-30-34-61(67-41-47)44-19-9-7-10-20-44)37-51(39-52)57-27-17-14-24-54(57)48-31-35-62(68-42-48)45-21-11-8-12-22-45/h7-43H,1-6H3. The maximum atomic E-state index is 5.17. The third-order valence-electron chi connectivity index (χ3n) is 15.8. The van der Waals surface area contributed by atoms with E-state index in [-0.39, 0.29) is 16.2 Å². The van der Waals surface area contributed by atoms with Crippen LogP contribution in [-0.4, -0.2) is 15.0 Å². The van der Waals surface area contributed by atoms with Crippen LogP contribution in [0.2, 0.25) is 0 Å². The van der Waals surface area contributed by atoms with E-state index in [1.165, 1.54) is 11.1 Å². The second kappa shape index (κ2) is 17.3. The predicted molar refractivity (Wildman–Crippen MR) is 289 cm³/mol. The molecule has 3 heteroatoms. The molecule has 334 valence electrons. The summed E-state index contributed by atoms with van der Waals surface area (Å²) in [5.74, 6) is 0. The molecule has 3 nitrogen and oxygen atoms in total. The summed E-state index contributed by atoms with van der Waals surface area (Å²) in [5.41, 5.74) is 22.6. The first-order valence-corrected chi connectivity index (χ1v) is 24.1. The highest BCUT2D eigenvalue weighted by Crippen LogP contribution is 2.61. The summed E-state index contributed by atoms with van der Waals surface area (Å²) in [4.78, 5) is 15.1. The van der Waals surface area contributed by atoms with Crippen molar-refractivity contribution in [2.45, 2.75) is 52.4 Å². The van der Waals surface area contributed by atoms with Gasteiger partial charge in [0.1, 0.15) is 0 Å². The molecule has 3 aromatic heterocycles. The van der Waals surface area contributed by atoms with E-state index in [1.54, 1.807) is 0 Å². The van der Waals surface area contributed by atoms with Gasteiger partial charge >= 0.3 is 0 Å². The zero-order valence-corrected chi connectivity index (χ0v) is 40.2. The quantitative estimate of drug-likeness (QED) is 0.145. The van der Waals surface area contributed by atoms with Gasteiger partial charge in [0.2, 0.25) is 0 Å². The van der Waals surface area contributed by atoms with Gasteiger partial charge in [-0.25, -0.2) is 0 Å². The molecule has 0 aliphatic heterocycles. The lowest BCUT2D eigenvalue weighted by atomic mass is 9.59. The first kappa shape index (κ1) is 43.6.